The molecule has 0 aromatic heterocycles. The van der Waals surface area contributed by atoms with Crippen molar-refractivity contribution in [3.05, 3.63) is 35.9 Å². The van der Waals surface area contributed by atoms with Crippen molar-refractivity contribution in [1.29, 1.82) is 0 Å². The highest BCUT2D eigenvalue weighted by Crippen LogP contribution is 2.25. The van der Waals surface area contributed by atoms with Gasteiger partial charge in [0.15, 0.2) is 0 Å². The highest BCUT2D eigenvalue weighted by atomic mass is 16.5. The minimum atomic E-state index is 0.299. The Morgan fingerprint density at radius 2 is 2.05 bits per heavy atom. The lowest BCUT2D eigenvalue weighted by molar-refractivity contribution is 0.0184. The van der Waals surface area contributed by atoms with Crippen LogP contribution in [0.2, 0.25) is 0 Å². The quantitative estimate of drug-likeness (QED) is 0.859. The molecule has 19 heavy (non-hydrogen) atoms. The van der Waals surface area contributed by atoms with E-state index < -0.39 is 0 Å². The first-order valence-electron chi connectivity index (χ1n) is 6.94. The van der Waals surface area contributed by atoms with Crippen molar-refractivity contribution in [3.63, 3.8) is 0 Å². The van der Waals surface area contributed by atoms with Crippen molar-refractivity contribution in [2.45, 2.75) is 12.1 Å². The molecule has 0 amide bonds. The lowest BCUT2D eigenvalue weighted by Crippen LogP contribution is -2.56. The van der Waals surface area contributed by atoms with E-state index in [0.29, 0.717) is 25.2 Å². The van der Waals surface area contributed by atoms with Crippen LogP contribution < -0.4 is 5.73 Å². The second-order valence-corrected chi connectivity index (χ2v) is 5.27. The van der Waals surface area contributed by atoms with Crippen LogP contribution >= 0.6 is 0 Å². The summed E-state index contributed by atoms with van der Waals surface area (Å²) in [5.74, 6) is 0. The number of likely N-dealkylation sites (N-methyl/N-ethyl adjacent to an activating group) is 1. The Balaban J connectivity index is 2.18. The summed E-state index contributed by atoms with van der Waals surface area (Å²) in [5.41, 5.74) is 7.27. The fourth-order valence-electron chi connectivity index (χ4n) is 2.86. The summed E-state index contributed by atoms with van der Waals surface area (Å²) in [4.78, 5) is 4.85. The van der Waals surface area contributed by atoms with Crippen LogP contribution in [-0.4, -0.2) is 62.8 Å². The summed E-state index contributed by atoms with van der Waals surface area (Å²) in [5, 5.41) is 0. The van der Waals surface area contributed by atoms with Gasteiger partial charge in [0, 0.05) is 39.3 Å². The predicted octanol–water partition coefficient (Wildman–Crippen LogP) is 0.949. The monoisotopic (exact) mass is 263 g/mol. The van der Waals surface area contributed by atoms with Crippen LogP contribution in [-0.2, 0) is 4.74 Å². The number of rotatable bonds is 5. The second kappa shape index (κ2) is 7.01. The molecule has 1 aliphatic rings. The first-order chi connectivity index (χ1) is 9.26. The topological polar surface area (TPSA) is 41.7 Å². The SMILES string of the molecule is COCC(c1ccccc1)N1CCN(C)CC1CN. The van der Waals surface area contributed by atoms with E-state index in [-0.39, 0.29) is 0 Å². The van der Waals surface area contributed by atoms with Gasteiger partial charge in [0.05, 0.1) is 12.6 Å². The Labute approximate surface area is 116 Å². The third-order valence-electron chi connectivity index (χ3n) is 3.91. The van der Waals surface area contributed by atoms with Gasteiger partial charge in [-0.25, -0.2) is 0 Å². The summed E-state index contributed by atoms with van der Waals surface area (Å²) in [6.07, 6.45) is 0. The molecule has 0 spiro atoms. The summed E-state index contributed by atoms with van der Waals surface area (Å²) in [6, 6.07) is 11.3. The van der Waals surface area contributed by atoms with Crippen LogP contribution in [0.4, 0.5) is 0 Å². The van der Waals surface area contributed by atoms with Gasteiger partial charge in [-0.15, -0.1) is 0 Å². The van der Waals surface area contributed by atoms with Gasteiger partial charge in [-0.3, -0.25) is 4.90 Å². The second-order valence-electron chi connectivity index (χ2n) is 5.27. The molecule has 0 aliphatic carbocycles. The smallest absolute Gasteiger partial charge is 0.0659 e. The molecule has 2 atom stereocenters. The summed E-state index contributed by atoms with van der Waals surface area (Å²) in [6.45, 7) is 4.57. The van der Waals surface area contributed by atoms with Crippen molar-refractivity contribution in [2.75, 3.05) is 46.9 Å². The molecule has 1 heterocycles. The fourth-order valence-corrected chi connectivity index (χ4v) is 2.86. The molecule has 1 saturated heterocycles. The molecule has 0 bridgehead atoms. The average molecular weight is 263 g/mol. The van der Waals surface area contributed by atoms with Gasteiger partial charge in [0.25, 0.3) is 0 Å². The molecule has 1 aromatic rings. The van der Waals surface area contributed by atoms with Crippen molar-refractivity contribution in [3.8, 4) is 0 Å². The molecular formula is C15H25N3O. The Bertz CT molecular complexity index is 371. The lowest BCUT2D eigenvalue weighted by Gasteiger charge is -2.44. The van der Waals surface area contributed by atoms with Crippen LogP contribution in [0, 0.1) is 0 Å². The normalized spacial score (nSPS) is 23.4. The maximum atomic E-state index is 5.96. The summed E-state index contributed by atoms with van der Waals surface area (Å²) >= 11 is 0. The van der Waals surface area contributed by atoms with E-state index >= 15 is 0 Å². The molecule has 4 nitrogen and oxygen atoms in total. The molecule has 2 unspecified atom stereocenters. The number of nitrogens with zero attached hydrogens (tertiary/aromatic N) is 2. The van der Waals surface area contributed by atoms with E-state index in [2.05, 4.69) is 47.2 Å². The third-order valence-corrected chi connectivity index (χ3v) is 3.91. The molecule has 106 valence electrons. The van der Waals surface area contributed by atoms with Crippen molar-refractivity contribution < 1.29 is 4.74 Å². The van der Waals surface area contributed by atoms with Crippen molar-refractivity contribution in [1.82, 2.24) is 9.80 Å². The zero-order valence-corrected chi connectivity index (χ0v) is 12.0. The van der Waals surface area contributed by atoms with Crippen LogP contribution in [0.15, 0.2) is 30.3 Å². The van der Waals surface area contributed by atoms with Gasteiger partial charge in [0.2, 0.25) is 0 Å². The number of nitrogens with two attached hydrogens (primary N) is 1. The Morgan fingerprint density at radius 1 is 1.32 bits per heavy atom. The number of ether oxygens (including phenoxy) is 1. The zero-order valence-electron chi connectivity index (χ0n) is 12.0. The molecule has 2 N–H and O–H groups in total. The molecule has 1 aromatic carbocycles. The minimum absolute atomic E-state index is 0.299. The molecular weight excluding hydrogens is 238 g/mol. The average Bonchev–Trinajstić information content (AvgIpc) is 2.46. The van der Waals surface area contributed by atoms with Gasteiger partial charge in [-0.05, 0) is 12.6 Å². The highest BCUT2D eigenvalue weighted by Gasteiger charge is 2.30. The number of hydrogen-bond donors (Lipinski definition) is 1. The molecule has 1 fully saturated rings. The highest BCUT2D eigenvalue weighted by molar-refractivity contribution is 5.19. The van der Waals surface area contributed by atoms with E-state index in [1.807, 2.05) is 0 Å². The van der Waals surface area contributed by atoms with Gasteiger partial charge >= 0.3 is 0 Å². The van der Waals surface area contributed by atoms with E-state index in [1.54, 1.807) is 7.11 Å². The summed E-state index contributed by atoms with van der Waals surface area (Å²) in [7, 11) is 3.93. The maximum absolute atomic E-state index is 5.96. The molecule has 1 aliphatic heterocycles. The number of piperazine rings is 1. The first kappa shape index (κ1) is 14.5. The predicted molar refractivity (Wildman–Crippen MR) is 78.1 cm³/mol. The fraction of sp³-hybridized carbons (Fsp3) is 0.600. The number of hydrogen-bond acceptors (Lipinski definition) is 4. The first-order valence-corrected chi connectivity index (χ1v) is 6.94. The van der Waals surface area contributed by atoms with Crippen LogP contribution in [0.3, 0.4) is 0 Å². The third kappa shape index (κ3) is 3.54. The van der Waals surface area contributed by atoms with Crippen LogP contribution in [0.1, 0.15) is 11.6 Å². The standard InChI is InChI=1S/C15H25N3O/c1-17-8-9-18(14(10-16)11-17)15(12-19-2)13-6-4-3-5-7-13/h3-7,14-15H,8-12,16H2,1-2H3. The molecule has 4 heteroatoms. The van der Waals surface area contributed by atoms with Gasteiger partial charge in [0.1, 0.15) is 0 Å². The zero-order chi connectivity index (χ0) is 13.7. The van der Waals surface area contributed by atoms with E-state index in [1.165, 1.54) is 5.56 Å². The van der Waals surface area contributed by atoms with E-state index in [4.69, 9.17) is 10.5 Å². The Kier molecular flexibility index (Phi) is 5.34. The van der Waals surface area contributed by atoms with Crippen LogP contribution in [0.25, 0.3) is 0 Å². The van der Waals surface area contributed by atoms with E-state index in [9.17, 15) is 0 Å². The number of methoxy groups -OCH3 is 1. The minimum Gasteiger partial charge on any atom is -0.383 e. The molecule has 0 saturated carbocycles. The molecule has 2 rings (SSSR count). The van der Waals surface area contributed by atoms with Gasteiger partial charge in [-0.2, -0.15) is 0 Å². The van der Waals surface area contributed by atoms with E-state index in [0.717, 1.165) is 19.6 Å². The van der Waals surface area contributed by atoms with Crippen LogP contribution in [0.5, 0.6) is 0 Å². The Hall–Kier alpha value is -0.940. The maximum Gasteiger partial charge on any atom is 0.0659 e. The molecule has 0 radical (unpaired) electrons. The number of benzene rings is 1. The largest absolute Gasteiger partial charge is 0.383 e. The van der Waals surface area contributed by atoms with Gasteiger partial charge < -0.3 is 15.4 Å². The van der Waals surface area contributed by atoms with Crippen molar-refractivity contribution in [2.24, 2.45) is 5.73 Å². The summed E-state index contributed by atoms with van der Waals surface area (Å²) < 4.78 is 5.44. The van der Waals surface area contributed by atoms with Crippen molar-refractivity contribution >= 4 is 0 Å². The van der Waals surface area contributed by atoms with Gasteiger partial charge in [-0.1, -0.05) is 30.3 Å². The Morgan fingerprint density at radius 3 is 2.68 bits per heavy atom. The lowest BCUT2D eigenvalue weighted by atomic mass is 10.0.